The number of hydrogen-bond donors (Lipinski definition) is 1. The molecule has 1 aliphatic carbocycles. The lowest BCUT2D eigenvalue weighted by atomic mass is 10.2. The lowest BCUT2D eigenvalue weighted by molar-refractivity contribution is -0.179. The molecule has 0 aromatic carbocycles. The van der Waals surface area contributed by atoms with Crippen LogP contribution in [0.15, 0.2) is 42.9 Å². The molecule has 3 aromatic rings. The van der Waals surface area contributed by atoms with Crippen molar-refractivity contribution < 1.29 is 22.7 Å². The predicted octanol–water partition coefficient (Wildman–Crippen LogP) is 3.05. The van der Waals surface area contributed by atoms with Gasteiger partial charge in [0.25, 0.3) is 5.91 Å². The van der Waals surface area contributed by atoms with Crippen LogP contribution < -0.4 is 10.1 Å². The van der Waals surface area contributed by atoms with Crippen molar-refractivity contribution >= 4 is 11.7 Å². The third kappa shape index (κ3) is 3.28. The first-order valence-electron chi connectivity index (χ1n) is 8.61. The minimum Gasteiger partial charge on any atom is -0.480 e. The van der Waals surface area contributed by atoms with Gasteiger partial charge in [-0.05, 0) is 37.1 Å². The van der Waals surface area contributed by atoms with E-state index in [1.807, 2.05) is 0 Å². The van der Waals surface area contributed by atoms with Crippen molar-refractivity contribution in [3.63, 3.8) is 0 Å². The lowest BCUT2D eigenvalue weighted by Crippen LogP contribution is -2.35. The van der Waals surface area contributed by atoms with Crippen LogP contribution >= 0.6 is 0 Å². The highest BCUT2D eigenvalue weighted by Gasteiger charge is 2.65. The second-order valence-corrected chi connectivity index (χ2v) is 6.48. The van der Waals surface area contributed by atoms with Gasteiger partial charge in [0.2, 0.25) is 5.88 Å². The molecule has 1 fully saturated rings. The number of pyridine rings is 2. The summed E-state index contributed by atoms with van der Waals surface area (Å²) in [5, 5.41) is 10.0. The zero-order valence-corrected chi connectivity index (χ0v) is 15.1. The quantitative estimate of drug-likeness (QED) is 0.702. The van der Waals surface area contributed by atoms with E-state index in [1.54, 1.807) is 12.1 Å². The van der Waals surface area contributed by atoms with Gasteiger partial charge in [-0.1, -0.05) is 6.07 Å². The molecule has 0 bridgehead atoms. The van der Waals surface area contributed by atoms with E-state index in [0.29, 0.717) is 0 Å². The van der Waals surface area contributed by atoms with E-state index in [0.717, 1.165) is 10.9 Å². The molecular weight excluding hydrogens is 389 g/mol. The molecule has 0 atom stereocenters. The fraction of sp³-hybridized carbons (Fsp3) is 0.278. The molecular formula is C18H15F3N6O2. The second-order valence-electron chi connectivity index (χ2n) is 6.48. The number of alkyl halides is 3. The van der Waals surface area contributed by atoms with E-state index in [2.05, 4.69) is 25.5 Å². The number of anilines is 1. The van der Waals surface area contributed by atoms with E-state index in [-0.39, 0.29) is 41.6 Å². The number of carbonyl (C=O) groups excluding carboxylic acids is 1. The molecule has 0 radical (unpaired) electrons. The third-order valence-corrected chi connectivity index (χ3v) is 4.69. The summed E-state index contributed by atoms with van der Waals surface area (Å²) in [5.74, 6) is -0.253. The molecule has 11 heteroatoms. The first-order chi connectivity index (χ1) is 13.9. The summed E-state index contributed by atoms with van der Waals surface area (Å²) in [5.41, 5.74) is -1.65. The summed E-state index contributed by atoms with van der Waals surface area (Å²) in [7, 11) is 1.39. The molecule has 150 valence electrons. The van der Waals surface area contributed by atoms with Gasteiger partial charge in [0, 0.05) is 6.20 Å². The van der Waals surface area contributed by atoms with Gasteiger partial charge in [-0.2, -0.15) is 13.2 Å². The first kappa shape index (κ1) is 18.8. The van der Waals surface area contributed by atoms with Crippen molar-refractivity contribution in [1.29, 1.82) is 0 Å². The summed E-state index contributed by atoms with van der Waals surface area (Å²) in [6, 6.07) is 7.69. The molecule has 3 heterocycles. The van der Waals surface area contributed by atoms with Crippen molar-refractivity contribution in [3.8, 4) is 17.4 Å². The van der Waals surface area contributed by atoms with Gasteiger partial charge >= 0.3 is 6.18 Å². The Morgan fingerprint density at radius 2 is 2.03 bits per heavy atom. The van der Waals surface area contributed by atoms with Crippen LogP contribution in [0.25, 0.3) is 11.5 Å². The molecule has 1 N–H and O–H groups in total. The fourth-order valence-corrected chi connectivity index (χ4v) is 3.04. The average molecular weight is 404 g/mol. The van der Waals surface area contributed by atoms with Gasteiger partial charge < -0.3 is 10.1 Å². The number of methoxy groups -OCH3 is 1. The van der Waals surface area contributed by atoms with E-state index < -0.39 is 17.6 Å². The Kier molecular flexibility index (Phi) is 4.44. The van der Waals surface area contributed by atoms with Crippen molar-refractivity contribution in [2.75, 3.05) is 12.4 Å². The van der Waals surface area contributed by atoms with Crippen molar-refractivity contribution in [1.82, 2.24) is 24.7 Å². The van der Waals surface area contributed by atoms with Crippen molar-refractivity contribution in [2.45, 2.75) is 24.6 Å². The number of halogens is 3. The van der Waals surface area contributed by atoms with Crippen molar-refractivity contribution in [2.24, 2.45) is 0 Å². The van der Waals surface area contributed by atoms with Gasteiger partial charge in [0.15, 0.2) is 5.82 Å². The molecule has 1 saturated carbocycles. The second kappa shape index (κ2) is 6.83. The van der Waals surface area contributed by atoms with Crippen LogP contribution in [-0.4, -0.2) is 43.9 Å². The topological polar surface area (TPSA) is 94.8 Å². The molecule has 0 aliphatic heterocycles. The molecule has 1 aliphatic rings. The van der Waals surface area contributed by atoms with Gasteiger partial charge in [-0.15, -0.1) is 10.2 Å². The van der Waals surface area contributed by atoms with Crippen LogP contribution in [-0.2, 0) is 5.54 Å². The molecule has 3 aromatic heterocycles. The number of rotatable bonds is 5. The lowest BCUT2D eigenvalue weighted by Gasteiger charge is -2.21. The Morgan fingerprint density at radius 1 is 1.24 bits per heavy atom. The number of nitrogens with zero attached hydrogens (tertiary/aromatic N) is 5. The van der Waals surface area contributed by atoms with Gasteiger partial charge in [0.05, 0.1) is 7.11 Å². The van der Waals surface area contributed by atoms with Crippen LogP contribution in [0.1, 0.15) is 23.2 Å². The summed E-state index contributed by atoms with van der Waals surface area (Å²) < 4.78 is 46.5. The van der Waals surface area contributed by atoms with Gasteiger partial charge in [0.1, 0.15) is 28.9 Å². The summed E-state index contributed by atoms with van der Waals surface area (Å²) in [6.45, 7) is 0. The Hall–Kier alpha value is -3.50. The molecule has 0 unspecified atom stereocenters. The maximum absolute atomic E-state index is 13.5. The Labute approximate surface area is 162 Å². The summed E-state index contributed by atoms with van der Waals surface area (Å²) in [4.78, 5) is 20.7. The van der Waals surface area contributed by atoms with Crippen LogP contribution in [0, 0.1) is 0 Å². The third-order valence-electron chi connectivity index (χ3n) is 4.69. The summed E-state index contributed by atoms with van der Waals surface area (Å²) in [6.07, 6.45) is -1.97. The minimum atomic E-state index is -4.42. The highest BCUT2D eigenvalue weighted by Crippen LogP contribution is 2.56. The smallest absolute Gasteiger partial charge is 0.412 e. The molecule has 8 nitrogen and oxygen atoms in total. The van der Waals surface area contributed by atoms with E-state index in [1.165, 1.54) is 31.5 Å². The monoisotopic (exact) mass is 404 g/mol. The molecule has 0 spiro atoms. The van der Waals surface area contributed by atoms with Gasteiger partial charge in [-0.25, -0.2) is 9.97 Å². The maximum atomic E-state index is 13.5. The standard InChI is InChI=1S/C18H15F3N6O2/c1-29-16-11(4-3-9-22-16)15(28)25-13-6-2-5-12(24-13)14-26-23-10-27(14)17(7-8-17)18(19,20)21/h2-6,9-10H,7-8H2,1H3,(H,24,25,28). The van der Waals surface area contributed by atoms with E-state index in [4.69, 9.17) is 4.74 Å². The highest BCUT2D eigenvalue weighted by atomic mass is 19.4. The normalized spacial score (nSPS) is 15.0. The average Bonchev–Trinajstić information content (AvgIpc) is 3.39. The fourth-order valence-electron chi connectivity index (χ4n) is 3.04. The van der Waals surface area contributed by atoms with E-state index >= 15 is 0 Å². The van der Waals surface area contributed by atoms with Crippen LogP contribution in [0.4, 0.5) is 19.0 Å². The number of amides is 1. The first-order valence-corrected chi connectivity index (χ1v) is 8.61. The number of ether oxygens (including phenoxy) is 1. The van der Waals surface area contributed by atoms with Crippen LogP contribution in [0.5, 0.6) is 5.88 Å². The number of carbonyl (C=O) groups is 1. The van der Waals surface area contributed by atoms with E-state index in [9.17, 15) is 18.0 Å². The Bertz CT molecular complexity index is 1060. The molecule has 29 heavy (non-hydrogen) atoms. The largest absolute Gasteiger partial charge is 0.480 e. The number of nitrogens with one attached hydrogen (secondary N) is 1. The molecule has 1 amide bonds. The maximum Gasteiger partial charge on any atom is 0.412 e. The van der Waals surface area contributed by atoms with Gasteiger partial charge in [-0.3, -0.25) is 9.36 Å². The van der Waals surface area contributed by atoms with Crippen molar-refractivity contribution in [3.05, 3.63) is 48.4 Å². The SMILES string of the molecule is COc1ncccc1C(=O)Nc1cccc(-c2nncn2C2(C(F)(F)F)CC2)n1. The Balaban J connectivity index is 1.63. The minimum absolute atomic E-state index is 0.0186. The number of aromatic nitrogens is 5. The summed E-state index contributed by atoms with van der Waals surface area (Å²) >= 11 is 0. The number of hydrogen-bond acceptors (Lipinski definition) is 6. The van der Waals surface area contributed by atoms with Crippen LogP contribution in [0.3, 0.4) is 0 Å². The molecule has 4 rings (SSSR count). The highest BCUT2D eigenvalue weighted by molar-refractivity contribution is 6.05. The zero-order valence-electron chi connectivity index (χ0n) is 15.1. The zero-order chi connectivity index (χ0) is 20.6. The van der Waals surface area contributed by atoms with Crippen LogP contribution in [0.2, 0.25) is 0 Å². The Morgan fingerprint density at radius 3 is 2.72 bits per heavy atom. The molecule has 0 saturated heterocycles. The predicted molar refractivity (Wildman–Crippen MR) is 95.3 cm³/mol.